The molecule has 20 heavy (non-hydrogen) atoms. The predicted molar refractivity (Wildman–Crippen MR) is 80.6 cm³/mol. The summed E-state index contributed by atoms with van der Waals surface area (Å²) in [5, 5.41) is 0. The van der Waals surface area contributed by atoms with Gasteiger partial charge in [-0.25, -0.2) is 0 Å². The zero-order valence-corrected chi connectivity index (χ0v) is 13.5. The molecule has 0 aliphatic carbocycles. The van der Waals surface area contributed by atoms with E-state index < -0.39 is 10.2 Å². The van der Waals surface area contributed by atoms with Gasteiger partial charge >= 0.3 is 0 Å². The second kappa shape index (κ2) is 6.70. The molecular formula is C13H28N4O2S. The fourth-order valence-corrected chi connectivity index (χ4v) is 5.42. The monoisotopic (exact) mass is 304 g/mol. The summed E-state index contributed by atoms with van der Waals surface area (Å²) in [6, 6.07) is -0.00483. The first-order valence-electron chi connectivity index (χ1n) is 7.64. The van der Waals surface area contributed by atoms with Gasteiger partial charge in [0.2, 0.25) is 0 Å². The molecule has 118 valence electrons. The number of nitrogens with zero attached hydrogens (tertiary/aromatic N) is 3. The SMILES string of the molecule is CC1CN(C)CCCN1S(=O)(=O)N1CCCCC1CN. The Labute approximate surface area is 123 Å². The van der Waals surface area contributed by atoms with E-state index in [0.29, 0.717) is 19.6 Å². The Hall–Kier alpha value is -0.210. The molecule has 0 saturated carbocycles. The second-order valence-electron chi connectivity index (χ2n) is 6.08. The van der Waals surface area contributed by atoms with Crippen LogP contribution in [0.5, 0.6) is 0 Å². The predicted octanol–water partition coefficient (Wildman–Crippen LogP) is 0.0704. The first kappa shape index (κ1) is 16.2. The molecule has 0 bridgehead atoms. The van der Waals surface area contributed by atoms with Crippen molar-refractivity contribution in [2.75, 3.05) is 39.8 Å². The fraction of sp³-hybridized carbons (Fsp3) is 1.00. The van der Waals surface area contributed by atoms with Gasteiger partial charge in [0.1, 0.15) is 0 Å². The molecule has 0 amide bonds. The molecule has 2 fully saturated rings. The van der Waals surface area contributed by atoms with Crippen LogP contribution in [0.1, 0.15) is 32.6 Å². The van der Waals surface area contributed by atoms with Gasteiger partial charge in [-0.05, 0) is 39.8 Å². The highest BCUT2D eigenvalue weighted by molar-refractivity contribution is 7.86. The molecule has 0 aromatic rings. The molecule has 2 rings (SSSR count). The van der Waals surface area contributed by atoms with E-state index in [1.54, 1.807) is 8.61 Å². The molecule has 7 heteroatoms. The van der Waals surface area contributed by atoms with Crippen LogP contribution in [0.4, 0.5) is 0 Å². The molecule has 2 saturated heterocycles. The molecule has 0 radical (unpaired) electrons. The molecular weight excluding hydrogens is 276 g/mol. The van der Waals surface area contributed by atoms with Crippen LogP contribution >= 0.6 is 0 Å². The minimum Gasteiger partial charge on any atom is -0.329 e. The van der Waals surface area contributed by atoms with Crippen molar-refractivity contribution in [1.29, 1.82) is 0 Å². The van der Waals surface area contributed by atoms with Crippen molar-refractivity contribution in [2.45, 2.75) is 44.7 Å². The molecule has 2 atom stereocenters. The summed E-state index contributed by atoms with van der Waals surface area (Å²) >= 11 is 0. The van der Waals surface area contributed by atoms with Gasteiger partial charge < -0.3 is 10.6 Å². The van der Waals surface area contributed by atoms with E-state index in [4.69, 9.17) is 5.73 Å². The Kier molecular flexibility index (Phi) is 5.42. The van der Waals surface area contributed by atoms with E-state index in [1.165, 1.54) is 0 Å². The highest BCUT2D eigenvalue weighted by atomic mass is 32.2. The molecule has 2 aliphatic heterocycles. The minimum absolute atomic E-state index is 0.0212. The molecule has 2 N–H and O–H groups in total. The van der Waals surface area contributed by atoms with Crippen LogP contribution in [0.25, 0.3) is 0 Å². The Balaban J connectivity index is 2.19. The van der Waals surface area contributed by atoms with E-state index in [0.717, 1.165) is 38.8 Å². The molecule has 0 aromatic heterocycles. The summed E-state index contributed by atoms with van der Waals surface area (Å²) in [4.78, 5) is 2.21. The van der Waals surface area contributed by atoms with Gasteiger partial charge in [0.05, 0.1) is 0 Å². The largest absolute Gasteiger partial charge is 0.329 e. The van der Waals surface area contributed by atoms with Crippen molar-refractivity contribution in [2.24, 2.45) is 5.73 Å². The van der Waals surface area contributed by atoms with Crippen molar-refractivity contribution in [3.05, 3.63) is 0 Å². The normalized spacial score (nSPS) is 32.1. The van der Waals surface area contributed by atoms with Gasteiger partial charge in [-0.2, -0.15) is 17.0 Å². The van der Waals surface area contributed by atoms with Crippen molar-refractivity contribution in [3.8, 4) is 0 Å². The Bertz CT molecular complexity index is 415. The first-order chi connectivity index (χ1) is 9.46. The zero-order valence-electron chi connectivity index (χ0n) is 12.7. The van der Waals surface area contributed by atoms with E-state index in [-0.39, 0.29) is 12.1 Å². The molecule has 2 aliphatic rings. The van der Waals surface area contributed by atoms with Crippen molar-refractivity contribution in [1.82, 2.24) is 13.5 Å². The lowest BCUT2D eigenvalue weighted by molar-refractivity contribution is 0.220. The summed E-state index contributed by atoms with van der Waals surface area (Å²) in [6.07, 6.45) is 3.79. The summed E-state index contributed by atoms with van der Waals surface area (Å²) in [7, 11) is -1.33. The van der Waals surface area contributed by atoms with Crippen molar-refractivity contribution < 1.29 is 8.42 Å². The van der Waals surface area contributed by atoms with E-state index >= 15 is 0 Å². The minimum atomic E-state index is -3.38. The molecule has 0 spiro atoms. The third-order valence-electron chi connectivity index (χ3n) is 4.42. The highest BCUT2D eigenvalue weighted by Gasteiger charge is 2.38. The van der Waals surface area contributed by atoms with Gasteiger partial charge in [0, 0.05) is 38.3 Å². The summed E-state index contributed by atoms with van der Waals surface area (Å²) in [5.74, 6) is 0. The van der Waals surface area contributed by atoms with Crippen LogP contribution in [0, 0.1) is 0 Å². The molecule has 0 aromatic carbocycles. The quantitative estimate of drug-likeness (QED) is 0.801. The maximum absolute atomic E-state index is 13.0. The number of likely N-dealkylation sites (N-methyl/N-ethyl adjacent to an activating group) is 1. The zero-order chi connectivity index (χ0) is 14.8. The number of piperidine rings is 1. The number of hydrogen-bond donors (Lipinski definition) is 1. The molecule has 6 nitrogen and oxygen atoms in total. The summed E-state index contributed by atoms with van der Waals surface area (Å²) < 4.78 is 29.3. The maximum Gasteiger partial charge on any atom is 0.282 e. The topological polar surface area (TPSA) is 69.9 Å². The van der Waals surface area contributed by atoms with E-state index in [1.807, 2.05) is 6.92 Å². The van der Waals surface area contributed by atoms with Crippen LogP contribution in [-0.2, 0) is 10.2 Å². The average molecular weight is 304 g/mol. The van der Waals surface area contributed by atoms with Crippen LogP contribution in [0.3, 0.4) is 0 Å². The lowest BCUT2D eigenvalue weighted by Crippen LogP contribution is -2.55. The van der Waals surface area contributed by atoms with Crippen LogP contribution in [0.15, 0.2) is 0 Å². The summed E-state index contributed by atoms with van der Waals surface area (Å²) in [6.45, 7) is 5.39. The average Bonchev–Trinajstić information content (AvgIpc) is 2.59. The number of rotatable bonds is 3. The van der Waals surface area contributed by atoms with Crippen LogP contribution < -0.4 is 5.73 Å². The van der Waals surface area contributed by atoms with Crippen LogP contribution in [-0.4, -0.2) is 73.8 Å². The standard InChI is InChI=1S/C13H28N4O2S/c1-12-11-15(2)7-5-9-16(12)20(18,19)17-8-4-3-6-13(17)10-14/h12-13H,3-11,14H2,1-2H3. The van der Waals surface area contributed by atoms with Gasteiger partial charge in [-0.3, -0.25) is 0 Å². The van der Waals surface area contributed by atoms with Gasteiger partial charge in [-0.1, -0.05) is 6.42 Å². The number of hydrogen-bond acceptors (Lipinski definition) is 4. The Morgan fingerprint density at radius 3 is 2.50 bits per heavy atom. The lowest BCUT2D eigenvalue weighted by Gasteiger charge is -2.39. The van der Waals surface area contributed by atoms with Gasteiger partial charge in [0.15, 0.2) is 0 Å². The number of nitrogens with two attached hydrogens (primary N) is 1. The maximum atomic E-state index is 13.0. The molecule has 2 unspecified atom stereocenters. The summed E-state index contributed by atoms with van der Waals surface area (Å²) in [5.41, 5.74) is 5.77. The smallest absolute Gasteiger partial charge is 0.282 e. The Morgan fingerprint density at radius 1 is 1.10 bits per heavy atom. The second-order valence-corrected chi connectivity index (χ2v) is 7.91. The van der Waals surface area contributed by atoms with Gasteiger partial charge in [0.25, 0.3) is 10.2 Å². The van der Waals surface area contributed by atoms with Crippen molar-refractivity contribution >= 4 is 10.2 Å². The van der Waals surface area contributed by atoms with Crippen LogP contribution in [0.2, 0.25) is 0 Å². The van der Waals surface area contributed by atoms with E-state index in [9.17, 15) is 8.42 Å². The van der Waals surface area contributed by atoms with Crippen molar-refractivity contribution in [3.63, 3.8) is 0 Å². The third-order valence-corrected chi connectivity index (χ3v) is 6.63. The fourth-order valence-electron chi connectivity index (χ4n) is 3.34. The molecule has 2 heterocycles. The highest BCUT2D eigenvalue weighted by Crippen LogP contribution is 2.24. The lowest BCUT2D eigenvalue weighted by atomic mass is 10.1. The van der Waals surface area contributed by atoms with E-state index in [2.05, 4.69) is 11.9 Å². The third kappa shape index (κ3) is 3.33. The Morgan fingerprint density at radius 2 is 1.80 bits per heavy atom. The first-order valence-corrected chi connectivity index (χ1v) is 9.03. The van der Waals surface area contributed by atoms with Gasteiger partial charge in [-0.15, -0.1) is 0 Å².